The summed E-state index contributed by atoms with van der Waals surface area (Å²) in [5.41, 5.74) is 6.99. The number of hydrogen-bond acceptors (Lipinski definition) is 5. The first-order chi connectivity index (χ1) is 16.9. The Kier molecular flexibility index (Phi) is 6.09. The van der Waals surface area contributed by atoms with Crippen LogP contribution < -0.4 is 15.0 Å². The normalized spacial score (nSPS) is 15.8. The number of hydrogen-bond donors (Lipinski definition) is 1. The van der Waals surface area contributed by atoms with Crippen molar-refractivity contribution in [3.05, 3.63) is 101 Å². The van der Waals surface area contributed by atoms with Crippen molar-refractivity contribution >= 4 is 28.6 Å². The third kappa shape index (κ3) is 4.42. The van der Waals surface area contributed by atoms with Gasteiger partial charge in [0.2, 0.25) is 5.82 Å². The lowest BCUT2D eigenvalue weighted by Crippen LogP contribution is -2.46. The smallest absolute Gasteiger partial charge is 0.258 e. The number of nitrogens with zero attached hydrogens (tertiary/aromatic N) is 3. The van der Waals surface area contributed by atoms with Gasteiger partial charge < -0.3 is 14.6 Å². The van der Waals surface area contributed by atoms with E-state index >= 15 is 0 Å². The highest BCUT2D eigenvalue weighted by Crippen LogP contribution is 2.39. The van der Waals surface area contributed by atoms with E-state index in [9.17, 15) is 0 Å². The first-order valence-electron chi connectivity index (χ1n) is 11.4. The maximum Gasteiger partial charge on any atom is 0.258 e. The average molecular weight is 483 g/mol. The van der Waals surface area contributed by atoms with E-state index < -0.39 is 0 Å². The van der Waals surface area contributed by atoms with Crippen LogP contribution in [0.25, 0.3) is 17.0 Å². The number of allylic oxidation sites excluding steroid dienone is 1. The first kappa shape index (κ1) is 22.8. The number of ether oxygens (including phenoxy) is 1. The van der Waals surface area contributed by atoms with Crippen LogP contribution in [-0.4, -0.2) is 22.4 Å². The Balaban J connectivity index is 1.65. The van der Waals surface area contributed by atoms with E-state index in [0.717, 1.165) is 33.8 Å². The lowest BCUT2D eigenvalue weighted by molar-refractivity contribution is 0.404. The van der Waals surface area contributed by atoms with Crippen molar-refractivity contribution in [1.29, 1.82) is 0 Å². The maximum absolute atomic E-state index is 5.85. The van der Waals surface area contributed by atoms with Gasteiger partial charge in [-0.1, -0.05) is 70.9 Å². The Morgan fingerprint density at radius 1 is 0.943 bits per heavy atom. The first-order valence-corrected chi connectivity index (χ1v) is 11.8. The fourth-order valence-electron chi connectivity index (χ4n) is 4.24. The predicted molar refractivity (Wildman–Crippen MR) is 142 cm³/mol. The molecule has 4 aromatic rings. The van der Waals surface area contributed by atoms with Crippen LogP contribution in [0.2, 0.25) is 0 Å². The molecule has 1 N–H and O–H groups in total. The van der Waals surface area contributed by atoms with Crippen molar-refractivity contribution in [2.75, 3.05) is 12.0 Å². The molecule has 0 saturated carbocycles. The molecule has 2 heterocycles. The number of benzene rings is 3. The molecule has 0 bridgehead atoms. The fraction of sp³-hybridized carbons (Fsp3) is 0.179. The molecule has 7 heteroatoms. The zero-order chi connectivity index (χ0) is 24.5. The highest BCUT2D eigenvalue weighted by atomic mass is 32.1. The lowest BCUT2D eigenvalue weighted by atomic mass is 9.94. The molecule has 3 aromatic carbocycles. The lowest BCUT2D eigenvalue weighted by Gasteiger charge is -2.37. The number of rotatable bonds is 5. The second-order valence-corrected chi connectivity index (χ2v) is 9.01. The quantitative estimate of drug-likeness (QED) is 0.338. The fourth-order valence-corrected chi connectivity index (χ4v) is 4.60. The molecule has 0 saturated heterocycles. The maximum atomic E-state index is 5.85. The van der Waals surface area contributed by atoms with Crippen LogP contribution in [0.5, 0.6) is 5.75 Å². The summed E-state index contributed by atoms with van der Waals surface area (Å²) in [4.78, 5) is 6.77. The molecule has 35 heavy (non-hydrogen) atoms. The van der Waals surface area contributed by atoms with Gasteiger partial charge in [0, 0.05) is 17.3 Å². The van der Waals surface area contributed by atoms with Crippen LogP contribution in [0.4, 0.5) is 5.69 Å². The van der Waals surface area contributed by atoms with Crippen LogP contribution in [0.3, 0.4) is 0 Å². The summed E-state index contributed by atoms with van der Waals surface area (Å²) in [5, 5.41) is 8.38. The van der Waals surface area contributed by atoms with Gasteiger partial charge in [-0.15, -0.1) is 0 Å². The van der Waals surface area contributed by atoms with Crippen LogP contribution in [-0.2, 0) is 0 Å². The summed E-state index contributed by atoms with van der Waals surface area (Å²) >= 11 is 5.84. The second-order valence-electron chi connectivity index (χ2n) is 8.62. The van der Waals surface area contributed by atoms with Gasteiger partial charge in [0.05, 0.1) is 24.4 Å². The number of anilines is 1. The molecule has 0 aliphatic carbocycles. The molecule has 176 valence electrons. The van der Waals surface area contributed by atoms with Crippen molar-refractivity contribution in [2.45, 2.75) is 26.8 Å². The molecular formula is C28H26N4O2S. The van der Waals surface area contributed by atoms with Crippen molar-refractivity contribution in [3.8, 4) is 17.1 Å². The van der Waals surface area contributed by atoms with E-state index in [1.807, 2.05) is 60.4 Å². The minimum atomic E-state index is -0.240. The molecule has 1 aliphatic heterocycles. The molecule has 0 spiro atoms. The Morgan fingerprint density at radius 3 is 2.31 bits per heavy atom. The third-order valence-corrected chi connectivity index (χ3v) is 6.47. The van der Waals surface area contributed by atoms with Crippen LogP contribution in [0.1, 0.15) is 35.5 Å². The highest BCUT2D eigenvalue weighted by molar-refractivity contribution is 7.80. The Bertz CT molecular complexity index is 1410. The summed E-state index contributed by atoms with van der Waals surface area (Å²) in [7, 11) is 1.65. The van der Waals surface area contributed by atoms with E-state index in [-0.39, 0.29) is 6.04 Å². The van der Waals surface area contributed by atoms with Gasteiger partial charge in [0.25, 0.3) is 5.89 Å². The van der Waals surface area contributed by atoms with Gasteiger partial charge in [-0.2, -0.15) is 4.98 Å². The van der Waals surface area contributed by atoms with E-state index in [0.29, 0.717) is 16.8 Å². The van der Waals surface area contributed by atoms with Gasteiger partial charge in [0.1, 0.15) is 5.75 Å². The standard InChI is InChI=1S/C28H26N4O2S/c1-17-8-12-20(13-9-17)25-24(27-30-26(31-34-27)21-14-10-18(2)11-15-21)19(3)32(28(35)29-25)22-6-5-7-23(16-22)33-4/h5-16,25H,1-4H3,(H,29,35). The van der Waals surface area contributed by atoms with Gasteiger partial charge in [0.15, 0.2) is 5.11 Å². The van der Waals surface area contributed by atoms with E-state index in [1.54, 1.807) is 7.11 Å². The minimum Gasteiger partial charge on any atom is -0.497 e. The average Bonchev–Trinajstić information content (AvgIpc) is 3.34. The molecule has 0 fully saturated rings. The zero-order valence-corrected chi connectivity index (χ0v) is 20.9. The minimum absolute atomic E-state index is 0.240. The monoisotopic (exact) mass is 482 g/mol. The topological polar surface area (TPSA) is 63.4 Å². The number of nitrogens with one attached hydrogen (secondary N) is 1. The van der Waals surface area contributed by atoms with Crippen LogP contribution >= 0.6 is 12.2 Å². The highest BCUT2D eigenvalue weighted by Gasteiger charge is 2.34. The van der Waals surface area contributed by atoms with Crippen molar-refractivity contribution in [2.24, 2.45) is 0 Å². The number of aryl methyl sites for hydroxylation is 2. The molecule has 0 radical (unpaired) electrons. The summed E-state index contributed by atoms with van der Waals surface area (Å²) in [6, 6.07) is 24.0. The number of aromatic nitrogens is 2. The van der Waals surface area contributed by atoms with Gasteiger partial charge in [-0.05, 0) is 50.7 Å². The largest absolute Gasteiger partial charge is 0.497 e. The third-order valence-electron chi connectivity index (χ3n) is 6.17. The summed E-state index contributed by atoms with van der Waals surface area (Å²) in [6.45, 7) is 6.15. The number of methoxy groups -OCH3 is 1. The Morgan fingerprint density at radius 2 is 1.63 bits per heavy atom. The molecule has 5 rings (SSSR count). The number of thiocarbonyl (C=S) groups is 1. The van der Waals surface area contributed by atoms with Gasteiger partial charge in [-0.3, -0.25) is 4.90 Å². The van der Waals surface area contributed by atoms with Crippen molar-refractivity contribution in [3.63, 3.8) is 0 Å². The van der Waals surface area contributed by atoms with Crippen LogP contribution in [0, 0.1) is 13.8 Å². The molecule has 0 amide bonds. The molecule has 6 nitrogen and oxygen atoms in total. The molecule has 1 unspecified atom stereocenters. The second kappa shape index (κ2) is 9.35. The summed E-state index contributed by atoms with van der Waals surface area (Å²) < 4.78 is 11.3. The van der Waals surface area contributed by atoms with E-state index in [4.69, 9.17) is 26.5 Å². The molecule has 1 aliphatic rings. The Hall–Kier alpha value is -3.97. The molecule has 1 aromatic heterocycles. The van der Waals surface area contributed by atoms with Gasteiger partial charge in [-0.25, -0.2) is 0 Å². The van der Waals surface area contributed by atoms with Crippen molar-refractivity contribution < 1.29 is 9.26 Å². The summed E-state index contributed by atoms with van der Waals surface area (Å²) in [6.07, 6.45) is 0. The van der Waals surface area contributed by atoms with E-state index in [1.165, 1.54) is 11.1 Å². The Labute approximate surface area is 210 Å². The predicted octanol–water partition coefficient (Wildman–Crippen LogP) is 6.23. The molecular weight excluding hydrogens is 456 g/mol. The van der Waals surface area contributed by atoms with E-state index in [2.05, 4.69) is 48.6 Å². The van der Waals surface area contributed by atoms with Crippen LogP contribution in [0.15, 0.2) is 83.0 Å². The summed E-state index contributed by atoms with van der Waals surface area (Å²) in [5.74, 6) is 1.75. The van der Waals surface area contributed by atoms with Gasteiger partial charge >= 0.3 is 0 Å². The zero-order valence-electron chi connectivity index (χ0n) is 20.1. The SMILES string of the molecule is COc1cccc(N2C(=S)NC(c3ccc(C)cc3)C(c3nc(-c4ccc(C)cc4)no3)=C2C)c1. The molecule has 1 atom stereocenters. The van der Waals surface area contributed by atoms with Crippen molar-refractivity contribution in [1.82, 2.24) is 15.5 Å².